The number of methoxy groups -OCH3 is 1. The van der Waals surface area contributed by atoms with Crippen LogP contribution in [0.3, 0.4) is 0 Å². The number of aliphatic hydroxyl groups excluding tert-OH is 7. The first kappa shape index (κ1) is 22.2. The molecule has 0 amide bonds. The molecule has 3 aliphatic heterocycles. The topological polar surface area (TPSA) is 182 Å². The monoisotopic (exact) mass is 411 g/mol. The average Bonchev–Trinajstić information content (AvgIpc) is 3.28. The zero-order valence-electron chi connectivity index (χ0n) is 15.4. The highest BCUT2D eigenvalue weighted by molar-refractivity contribution is 5.03. The van der Waals surface area contributed by atoms with Crippen molar-refractivity contribution < 1.29 is 54.8 Å². The van der Waals surface area contributed by atoms with Crippen LogP contribution < -0.4 is 0 Å². The maximum atomic E-state index is 10.1. The van der Waals surface area contributed by atoms with E-state index in [4.69, 9.17) is 24.2 Å². The Hall–Kier alpha value is -0.480. The molecule has 0 bridgehead atoms. The van der Waals surface area contributed by atoms with Gasteiger partial charge in [-0.3, -0.25) is 4.84 Å². The van der Waals surface area contributed by atoms with E-state index in [1.165, 1.54) is 12.2 Å². The molecule has 0 saturated carbocycles. The van der Waals surface area contributed by atoms with Crippen molar-refractivity contribution in [3.63, 3.8) is 0 Å². The number of ether oxygens (including phenoxy) is 3. The molecule has 0 aromatic carbocycles. The van der Waals surface area contributed by atoms with Crippen LogP contribution in [0.25, 0.3) is 0 Å². The van der Waals surface area contributed by atoms with Crippen molar-refractivity contribution in [3.05, 3.63) is 0 Å². The molecule has 11 atom stereocenters. The number of aliphatic hydroxyl groups is 7. The van der Waals surface area contributed by atoms with Crippen molar-refractivity contribution in [1.29, 1.82) is 0 Å². The van der Waals surface area contributed by atoms with Gasteiger partial charge in [-0.2, -0.15) is 5.06 Å². The van der Waals surface area contributed by atoms with Crippen LogP contribution in [0.15, 0.2) is 0 Å². The van der Waals surface area contributed by atoms with E-state index in [2.05, 4.69) is 0 Å². The number of nitrogens with zero attached hydrogens (tertiary/aromatic N) is 1. The predicted octanol–water partition coefficient (Wildman–Crippen LogP) is -4.71. The van der Waals surface area contributed by atoms with E-state index in [1.807, 2.05) is 0 Å². The van der Waals surface area contributed by atoms with Gasteiger partial charge in [0.25, 0.3) is 0 Å². The SMILES string of the molecule is CO[C@H]1O[C@@H]([C@H](O)COC[C@@H]2C[C@H]3[C@H](O)[C@@H](O)[C@H]([C@H](O)CO)N3O2)[C@H](O)[C@H]1O. The van der Waals surface area contributed by atoms with Crippen LogP contribution in [0.5, 0.6) is 0 Å². The lowest BCUT2D eigenvalue weighted by Gasteiger charge is -2.28. The predicted molar refractivity (Wildman–Crippen MR) is 88.5 cm³/mol. The van der Waals surface area contributed by atoms with E-state index >= 15 is 0 Å². The smallest absolute Gasteiger partial charge is 0.186 e. The lowest BCUT2D eigenvalue weighted by atomic mass is 10.0. The van der Waals surface area contributed by atoms with Crippen molar-refractivity contribution in [1.82, 2.24) is 5.06 Å². The van der Waals surface area contributed by atoms with Crippen molar-refractivity contribution in [2.24, 2.45) is 0 Å². The van der Waals surface area contributed by atoms with Gasteiger partial charge in [-0.15, -0.1) is 0 Å². The summed E-state index contributed by atoms with van der Waals surface area (Å²) in [6.45, 7) is -0.760. The molecule has 3 saturated heterocycles. The molecule has 3 aliphatic rings. The molecule has 164 valence electrons. The summed E-state index contributed by atoms with van der Waals surface area (Å²) < 4.78 is 15.5. The Morgan fingerprint density at radius 2 is 1.75 bits per heavy atom. The number of hydroxylamine groups is 2. The van der Waals surface area contributed by atoms with E-state index in [1.54, 1.807) is 0 Å². The molecule has 0 aliphatic carbocycles. The number of rotatable bonds is 8. The number of hydrogen-bond acceptors (Lipinski definition) is 12. The minimum absolute atomic E-state index is 0.0356. The number of hydrogen-bond donors (Lipinski definition) is 7. The van der Waals surface area contributed by atoms with Crippen LogP contribution >= 0.6 is 0 Å². The Morgan fingerprint density at radius 1 is 1.04 bits per heavy atom. The first-order chi connectivity index (χ1) is 13.3. The zero-order valence-corrected chi connectivity index (χ0v) is 15.4. The molecule has 0 unspecified atom stereocenters. The van der Waals surface area contributed by atoms with Gasteiger partial charge < -0.3 is 50.0 Å². The minimum atomic E-state index is -1.32. The van der Waals surface area contributed by atoms with Crippen LogP contribution in [0.1, 0.15) is 6.42 Å². The maximum Gasteiger partial charge on any atom is 0.186 e. The molecule has 3 heterocycles. The fraction of sp³-hybridized carbons (Fsp3) is 1.00. The van der Waals surface area contributed by atoms with Crippen molar-refractivity contribution in [3.8, 4) is 0 Å². The lowest BCUT2D eigenvalue weighted by molar-refractivity contribution is -0.215. The Bertz CT molecular complexity index is 513. The van der Waals surface area contributed by atoms with Gasteiger partial charge in [-0.05, 0) is 6.42 Å². The molecule has 3 fully saturated rings. The second-order valence-corrected chi connectivity index (χ2v) is 7.40. The van der Waals surface area contributed by atoms with Gasteiger partial charge in [0.15, 0.2) is 6.29 Å². The fourth-order valence-electron chi connectivity index (χ4n) is 4.03. The summed E-state index contributed by atoms with van der Waals surface area (Å²) in [5.74, 6) is 0. The van der Waals surface area contributed by atoms with Gasteiger partial charge in [0.2, 0.25) is 0 Å². The molecule has 28 heavy (non-hydrogen) atoms. The zero-order chi connectivity index (χ0) is 20.6. The summed E-state index contributed by atoms with van der Waals surface area (Å²) in [7, 11) is 1.31. The van der Waals surface area contributed by atoms with E-state index in [9.17, 15) is 30.6 Å². The summed E-state index contributed by atoms with van der Waals surface area (Å²) in [5, 5.41) is 70.3. The lowest BCUT2D eigenvalue weighted by Crippen LogP contribution is -2.47. The van der Waals surface area contributed by atoms with Crippen molar-refractivity contribution >= 4 is 0 Å². The van der Waals surface area contributed by atoms with Crippen LogP contribution in [0.4, 0.5) is 0 Å². The van der Waals surface area contributed by atoms with Gasteiger partial charge in [0.05, 0.1) is 44.1 Å². The van der Waals surface area contributed by atoms with Crippen LogP contribution in [0.2, 0.25) is 0 Å². The summed E-state index contributed by atoms with van der Waals surface area (Å²) in [6, 6.07) is -1.52. The Labute approximate surface area is 161 Å². The summed E-state index contributed by atoms with van der Waals surface area (Å²) in [4.78, 5) is 5.64. The Morgan fingerprint density at radius 3 is 2.36 bits per heavy atom. The van der Waals surface area contributed by atoms with Crippen LogP contribution in [-0.4, -0.2) is 135 Å². The highest BCUT2D eigenvalue weighted by atomic mass is 16.7. The van der Waals surface area contributed by atoms with Crippen LogP contribution in [-0.2, 0) is 19.0 Å². The van der Waals surface area contributed by atoms with Gasteiger partial charge in [-0.25, -0.2) is 0 Å². The molecule has 12 nitrogen and oxygen atoms in total. The van der Waals surface area contributed by atoms with Gasteiger partial charge >= 0.3 is 0 Å². The van der Waals surface area contributed by atoms with E-state index in [0.29, 0.717) is 6.42 Å². The standard InChI is InChI=1S/C16H29NO11/c1-25-16-14(24)13(23)15(27-16)9(20)5-26-4-6-2-7-11(21)12(22)10(8(19)3-18)17(7)28-6/h6-16,18-24H,2-5H2,1H3/t6-,7-,8+,9+,10-,11-,12-,13+,14+,15-,16-/m0/s1. The highest BCUT2D eigenvalue weighted by Gasteiger charge is 2.55. The highest BCUT2D eigenvalue weighted by Crippen LogP contribution is 2.36. The second kappa shape index (κ2) is 9.12. The Balaban J connectivity index is 1.47. The molecular formula is C16H29NO11. The summed E-state index contributed by atoms with van der Waals surface area (Å²) in [6.07, 6.45) is -9.80. The fourth-order valence-corrected chi connectivity index (χ4v) is 4.03. The van der Waals surface area contributed by atoms with Gasteiger partial charge in [-0.1, -0.05) is 0 Å². The summed E-state index contributed by atoms with van der Waals surface area (Å²) >= 11 is 0. The first-order valence-electron chi connectivity index (χ1n) is 9.20. The van der Waals surface area contributed by atoms with Crippen molar-refractivity contribution in [2.45, 2.75) is 73.6 Å². The third kappa shape index (κ3) is 4.05. The molecule has 0 aromatic heterocycles. The summed E-state index contributed by atoms with van der Waals surface area (Å²) in [5.41, 5.74) is 0. The average molecular weight is 411 g/mol. The molecule has 7 N–H and O–H groups in total. The van der Waals surface area contributed by atoms with E-state index in [0.717, 1.165) is 0 Å². The third-order valence-corrected chi connectivity index (χ3v) is 5.53. The Kier molecular flexibility index (Phi) is 7.23. The second-order valence-electron chi connectivity index (χ2n) is 7.40. The molecule has 0 radical (unpaired) electrons. The van der Waals surface area contributed by atoms with E-state index < -0.39 is 73.8 Å². The molecule has 0 spiro atoms. The number of fused-ring (bicyclic) bond motifs is 1. The maximum absolute atomic E-state index is 10.1. The minimum Gasteiger partial charge on any atom is -0.394 e. The molecule has 3 rings (SSSR count). The van der Waals surface area contributed by atoms with Gasteiger partial charge in [0.1, 0.15) is 36.6 Å². The van der Waals surface area contributed by atoms with E-state index in [-0.39, 0.29) is 13.2 Å². The van der Waals surface area contributed by atoms with Gasteiger partial charge in [0, 0.05) is 7.11 Å². The van der Waals surface area contributed by atoms with Crippen molar-refractivity contribution in [2.75, 3.05) is 26.9 Å². The molecule has 12 heteroatoms. The largest absolute Gasteiger partial charge is 0.394 e. The third-order valence-electron chi connectivity index (χ3n) is 5.53. The molecule has 0 aromatic rings. The normalized spacial score (nSPS) is 46.1. The first-order valence-corrected chi connectivity index (χ1v) is 9.20. The molecular weight excluding hydrogens is 382 g/mol. The van der Waals surface area contributed by atoms with Crippen LogP contribution in [0, 0.1) is 0 Å². The quantitative estimate of drug-likeness (QED) is 0.203.